The van der Waals surface area contributed by atoms with Crippen LogP contribution in [0.2, 0.25) is 5.02 Å². The van der Waals surface area contributed by atoms with Crippen LogP contribution in [0.3, 0.4) is 0 Å². The lowest BCUT2D eigenvalue weighted by Gasteiger charge is -2.26. The van der Waals surface area contributed by atoms with Gasteiger partial charge in [0.25, 0.3) is 0 Å². The van der Waals surface area contributed by atoms with Gasteiger partial charge in [-0.25, -0.2) is 0 Å². The van der Waals surface area contributed by atoms with E-state index in [4.69, 9.17) is 11.6 Å². The Morgan fingerprint density at radius 2 is 2.21 bits per heavy atom. The fourth-order valence-corrected chi connectivity index (χ4v) is 2.95. The molecule has 1 N–H and O–H groups in total. The number of pyridine rings is 1. The minimum absolute atomic E-state index is 0.310. The molecule has 98 valence electrons. The molecule has 0 aliphatic heterocycles. The average Bonchev–Trinajstić information content (AvgIpc) is 2.42. The van der Waals surface area contributed by atoms with E-state index in [1.54, 1.807) is 0 Å². The van der Waals surface area contributed by atoms with Crippen LogP contribution in [-0.4, -0.2) is 4.98 Å². The zero-order valence-corrected chi connectivity index (χ0v) is 11.7. The van der Waals surface area contributed by atoms with Gasteiger partial charge in [0.2, 0.25) is 0 Å². The van der Waals surface area contributed by atoms with Crippen molar-refractivity contribution < 1.29 is 0 Å². The van der Waals surface area contributed by atoms with Crippen molar-refractivity contribution in [3.63, 3.8) is 0 Å². The average molecular weight is 273 g/mol. The van der Waals surface area contributed by atoms with E-state index in [1.165, 1.54) is 23.2 Å². The van der Waals surface area contributed by atoms with Crippen molar-refractivity contribution in [2.24, 2.45) is 0 Å². The maximum absolute atomic E-state index is 6.00. The molecule has 1 heterocycles. The number of hydrogen-bond donors (Lipinski definition) is 1. The number of halogens is 1. The number of hydrogen-bond acceptors (Lipinski definition) is 2. The van der Waals surface area contributed by atoms with Crippen LogP contribution in [0, 0.1) is 6.92 Å². The molecule has 0 amide bonds. The largest absolute Gasteiger partial charge is 0.376 e. The molecule has 0 radical (unpaired) electrons. The summed E-state index contributed by atoms with van der Waals surface area (Å²) < 4.78 is 0. The lowest BCUT2D eigenvalue weighted by Crippen LogP contribution is -2.19. The lowest BCUT2D eigenvalue weighted by atomic mass is 9.91. The van der Waals surface area contributed by atoms with Crippen LogP contribution in [0.5, 0.6) is 0 Å². The van der Waals surface area contributed by atoms with Gasteiger partial charge in [0.15, 0.2) is 0 Å². The van der Waals surface area contributed by atoms with Crippen molar-refractivity contribution in [3.8, 4) is 0 Å². The topological polar surface area (TPSA) is 24.9 Å². The van der Waals surface area contributed by atoms with Gasteiger partial charge in [0, 0.05) is 16.9 Å². The Bertz CT molecular complexity index is 595. The molecule has 0 fully saturated rings. The number of benzene rings is 1. The molecule has 3 rings (SSSR count). The molecule has 1 aliphatic rings. The second-order valence-electron chi connectivity index (χ2n) is 5.10. The number of fused-ring (bicyclic) bond motifs is 1. The first-order valence-corrected chi connectivity index (χ1v) is 7.08. The van der Waals surface area contributed by atoms with Gasteiger partial charge in [0.1, 0.15) is 0 Å². The summed E-state index contributed by atoms with van der Waals surface area (Å²) in [6, 6.07) is 10.5. The Morgan fingerprint density at radius 1 is 1.32 bits per heavy atom. The smallest absolute Gasteiger partial charge is 0.0688 e. The summed E-state index contributed by atoms with van der Waals surface area (Å²) in [7, 11) is 0. The third-order valence-electron chi connectivity index (χ3n) is 3.71. The van der Waals surface area contributed by atoms with Crippen LogP contribution in [0.25, 0.3) is 0 Å². The first kappa shape index (κ1) is 12.5. The van der Waals surface area contributed by atoms with Crippen LogP contribution in [0.4, 0.5) is 5.69 Å². The molecule has 19 heavy (non-hydrogen) atoms. The molecule has 0 saturated carbocycles. The standard InChI is InChI=1S/C16H17ClN2/c1-11-10-13(17)7-8-14(11)19-15-6-2-4-12-5-3-9-18-16(12)15/h3,5,7-10,15,19H,2,4,6H2,1H3. The fraction of sp³-hybridized carbons (Fsp3) is 0.312. The quantitative estimate of drug-likeness (QED) is 0.869. The van der Waals surface area contributed by atoms with E-state index in [9.17, 15) is 0 Å². The van der Waals surface area contributed by atoms with Gasteiger partial charge >= 0.3 is 0 Å². The van der Waals surface area contributed by atoms with Crippen LogP contribution in [-0.2, 0) is 6.42 Å². The highest BCUT2D eigenvalue weighted by atomic mass is 35.5. The Hall–Kier alpha value is -1.54. The summed E-state index contributed by atoms with van der Waals surface area (Å²) in [6.07, 6.45) is 5.36. The molecule has 1 aromatic carbocycles. The van der Waals surface area contributed by atoms with Crippen LogP contribution < -0.4 is 5.32 Å². The molecule has 2 aromatic rings. The summed E-state index contributed by atoms with van der Waals surface area (Å²) in [5.41, 5.74) is 4.89. The maximum atomic E-state index is 6.00. The molecular weight excluding hydrogens is 256 g/mol. The highest BCUT2D eigenvalue weighted by molar-refractivity contribution is 6.30. The third-order valence-corrected chi connectivity index (χ3v) is 3.95. The fourth-order valence-electron chi connectivity index (χ4n) is 2.73. The van der Waals surface area contributed by atoms with E-state index in [0.717, 1.165) is 23.6 Å². The van der Waals surface area contributed by atoms with E-state index in [0.29, 0.717) is 6.04 Å². The number of nitrogens with one attached hydrogen (secondary N) is 1. The van der Waals surface area contributed by atoms with Gasteiger partial charge in [-0.1, -0.05) is 17.7 Å². The Morgan fingerprint density at radius 3 is 3.05 bits per heavy atom. The van der Waals surface area contributed by atoms with Crippen LogP contribution >= 0.6 is 11.6 Å². The summed E-state index contributed by atoms with van der Waals surface area (Å²) in [5, 5.41) is 4.39. The predicted molar refractivity (Wildman–Crippen MR) is 79.7 cm³/mol. The monoisotopic (exact) mass is 272 g/mol. The number of aryl methyl sites for hydroxylation is 2. The molecule has 0 bridgehead atoms. The second kappa shape index (κ2) is 5.22. The molecule has 0 saturated heterocycles. The predicted octanol–water partition coefficient (Wildman–Crippen LogP) is 4.53. The summed E-state index contributed by atoms with van der Waals surface area (Å²) in [5.74, 6) is 0. The number of anilines is 1. The SMILES string of the molecule is Cc1cc(Cl)ccc1NC1CCCc2cccnc21. The lowest BCUT2D eigenvalue weighted by molar-refractivity contribution is 0.583. The third kappa shape index (κ3) is 2.59. The molecular formula is C16H17ClN2. The van der Waals surface area contributed by atoms with Gasteiger partial charge in [0.05, 0.1) is 11.7 Å². The van der Waals surface area contributed by atoms with Crippen molar-refractivity contribution in [1.29, 1.82) is 0 Å². The molecule has 1 aromatic heterocycles. The molecule has 1 aliphatic carbocycles. The first-order valence-electron chi connectivity index (χ1n) is 6.70. The van der Waals surface area contributed by atoms with Crippen molar-refractivity contribution in [2.45, 2.75) is 32.2 Å². The van der Waals surface area contributed by atoms with E-state index in [1.807, 2.05) is 24.4 Å². The summed E-state index contributed by atoms with van der Waals surface area (Å²) >= 11 is 6.00. The van der Waals surface area contributed by atoms with E-state index < -0.39 is 0 Å². The van der Waals surface area contributed by atoms with Gasteiger partial charge < -0.3 is 5.32 Å². The van der Waals surface area contributed by atoms with Crippen LogP contribution in [0.1, 0.15) is 35.7 Å². The first-order chi connectivity index (χ1) is 9.24. The molecule has 1 unspecified atom stereocenters. The molecule has 3 heteroatoms. The van der Waals surface area contributed by atoms with Gasteiger partial charge in [-0.2, -0.15) is 0 Å². The summed E-state index contributed by atoms with van der Waals surface area (Å²) in [6.45, 7) is 2.08. The maximum Gasteiger partial charge on any atom is 0.0688 e. The zero-order chi connectivity index (χ0) is 13.2. The van der Waals surface area contributed by atoms with Gasteiger partial charge in [-0.05, 0) is 61.6 Å². The van der Waals surface area contributed by atoms with Crippen molar-refractivity contribution in [3.05, 3.63) is 58.4 Å². The number of rotatable bonds is 2. The molecule has 2 nitrogen and oxygen atoms in total. The van der Waals surface area contributed by atoms with E-state index in [2.05, 4.69) is 29.4 Å². The highest BCUT2D eigenvalue weighted by Gasteiger charge is 2.21. The Labute approximate surface area is 118 Å². The normalized spacial score (nSPS) is 17.9. The van der Waals surface area contributed by atoms with Crippen molar-refractivity contribution in [2.75, 3.05) is 5.32 Å². The van der Waals surface area contributed by atoms with E-state index >= 15 is 0 Å². The molecule has 0 spiro atoms. The minimum Gasteiger partial charge on any atom is -0.376 e. The Balaban J connectivity index is 1.88. The van der Waals surface area contributed by atoms with Crippen molar-refractivity contribution in [1.82, 2.24) is 4.98 Å². The highest BCUT2D eigenvalue weighted by Crippen LogP contribution is 2.32. The number of nitrogens with zero attached hydrogens (tertiary/aromatic N) is 1. The van der Waals surface area contributed by atoms with Crippen LogP contribution in [0.15, 0.2) is 36.5 Å². The van der Waals surface area contributed by atoms with Gasteiger partial charge in [-0.3, -0.25) is 4.98 Å². The van der Waals surface area contributed by atoms with E-state index in [-0.39, 0.29) is 0 Å². The number of aromatic nitrogens is 1. The van der Waals surface area contributed by atoms with Crippen molar-refractivity contribution >= 4 is 17.3 Å². The Kier molecular flexibility index (Phi) is 3.43. The minimum atomic E-state index is 0.310. The molecule has 1 atom stereocenters. The summed E-state index contributed by atoms with van der Waals surface area (Å²) in [4.78, 5) is 4.56. The second-order valence-corrected chi connectivity index (χ2v) is 5.53. The zero-order valence-electron chi connectivity index (χ0n) is 11.0. The van der Waals surface area contributed by atoms with Gasteiger partial charge in [-0.15, -0.1) is 0 Å².